The standard InChI is InChI=1S/C22H23NO3/c1-3-12-26-19-9-5-8-17-15-6-4-7-16(15)21(23-22(17)19)14-10-11-18(24)20(13-14)25-2/h3-6,8-11,13,15-16,21,23-24H,1,7,12H2,2H3. The smallest absolute Gasteiger partial charge is 0.160 e. The number of phenols is 1. The maximum atomic E-state index is 9.93. The van der Waals surface area contributed by atoms with Crippen LogP contribution in [0.15, 0.2) is 61.2 Å². The molecular weight excluding hydrogens is 326 g/mol. The minimum absolute atomic E-state index is 0.116. The molecule has 3 atom stereocenters. The lowest BCUT2D eigenvalue weighted by atomic mass is 9.77. The molecule has 4 nitrogen and oxygen atoms in total. The number of hydrogen-bond donors (Lipinski definition) is 2. The Bertz CT molecular complexity index is 858. The number of nitrogens with one attached hydrogen (secondary N) is 1. The molecule has 1 aliphatic heterocycles. The number of fused-ring (bicyclic) bond motifs is 3. The lowest BCUT2D eigenvalue weighted by Crippen LogP contribution is -2.29. The van der Waals surface area contributed by atoms with Crippen molar-refractivity contribution in [2.24, 2.45) is 5.92 Å². The van der Waals surface area contributed by atoms with Crippen molar-refractivity contribution in [3.8, 4) is 17.2 Å². The molecule has 4 rings (SSSR count). The SMILES string of the molecule is C=CCOc1cccc2c1NC(c1ccc(O)c(OC)c1)C1CC=CC21. The molecule has 2 N–H and O–H groups in total. The number of ether oxygens (including phenoxy) is 2. The predicted molar refractivity (Wildman–Crippen MR) is 103 cm³/mol. The second kappa shape index (κ2) is 6.79. The van der Waals surface area contributed by atoms with Crippen molar-refractivity contribution < 1.29 is 14.6 Å². The minimum atomic E-state index is 0.116. The van der Waals surface area contributed by atoms with Crippen LogP contribution in [0.4, 0.5) is 5.69 Å². The summed E-state index contributed by atoms with van der Waals surface area (Å²) in [6, 6.07) is 11.9. The molecule has 26 heavy (non-hydrogen) atoms. The molecule has 3 unspecified atom stereocenters. The quantitative estimate of drug-likeness (QED) is 0.762. The van der Waals surface area contributed by atoms with Gasteiger partial charge in [-0.25, -0.2) is 0 Å². The fourth-order valence-corrected chi connectivity index (χ4v) is 4.08. The van der Waals surface area contributed by atoms with E-state index in [1.807, 2.05) is 24.3 Å². The van der Waals surface area contributed by atoms with E-state index in [-0.39, 0.29) is 11.8 Å². The summed E-state index contributed by atoms with van der Waals surface area (Å²) in [5.74, 6) is 2.27. The lowest BCUT2D eigenvalue weighted by molar-refractivity contribution is 0.357. The fourth-order valence-electron chi connectivity index (χ4n) is 4.08. The molecule has 4 heteroatoms. The average Bonchev–Trinajstić information content (AvgIpc) is 3.16. The van der Waals surface area contributed by atoms with Crippen LogP contribution in [0.25, 0.3) is 0 Å². The molecule has 1 heterocycles. The van der Waals surface area contributed by atoms with E-state index >= 15 is 0 Å². The molecular formula is C22H23NO3. The van der Waals surface area contributed by atoms with Gasteiger partial charge in [-0.3, -0.25) is 0 Å². The van der Waals surface area contributed by atoms with Crippen molar-refractivity contribution in [1.82, 2.24) is 0 Å². The monoisotopic (exact) mass is 349 g/mol. The highest BCUT2D eigenvalue weighted by Gasteiger charge is 2.39. The number of para-hydroxylation sites is 1. The number of benzene rings is 2. The second-order valence-electron chi connectivity index (χ2n) is 6.73. The van der Waals surface area contributed by atoms with E-state index in [1.54, 1.807) is 19.3 Å². The zero-order valence-corrected chi connectivity index (χ0v) is 14.8. The number of phenolic OH excluding ortho intramolecular Hbond substituents is 1. The summed E-state index contributed by atoms with van der Waals surface area (Å²) < 4.78 is 11.2. The van der Waals surface area contributed by atoms with Gasteiger partial charge in [0.1, 0.15) is 12.4 Å². The molecule has 0 saturated heterocycles. The number of methoxy groups -OCH3 is 1. The largest absolute Gasteiger partial charge is 0.504 e. The molecule has 0 spiro atoms. The Kier molecular flexibility index (Phi) is 4.33. The van der Waals surface area contributed by atoms with Crippen LogP contribution < -0.4 is 14.8 Å². The summed E-state index contributed by atoms with van der Waals surface area (Å²) >= 11 is 0. The van der Waals surface area contributed by atoms with Gasteiger partial charge in [0.05, 0.1) is 18.8 Å². The van der Waals surface area contributed by atoms with Crippen LogP contribution in [0.1, 0.15) is 29.5 Å². The predicted octanol–water partition coefficient (Wildman–Crippen LogP) is 4.79. The van der Waals surface area contributed by atoms with Gasteiger partial charge in [0.2, 0.25) is 0 Å². The van der Waals surface area contributed by atoms with E-state index in [9.17, 15) is 5.11 Å². The fraction of sp³-hybridized carbons (Fsp3) is 0.273. The van der Waals surface area contributed by atoms with Crippen molar-refractivity contribution in [2.75, 3.05) is 19.0 Å². The lowest BCUT2D eigenvalue weighted by Gasteiger charge is -2.38. The zero-order chi connectivity index (χ0) is 18.1. The van der Waals surface area contributed by atoms with E-state index in [0.717, 1.165) is 23.4 Å². The van der Waals surface area contributed by atoms with Crippen molar-refractivity contribution in [3.05, 3.63) is 72.3 Å². The van der Waals surface area contributed by atoms with E-state index in [4.69, 9.17) is 9.47 Å². The van der Waals surface area contributed by atoms with E-state index in [0.29, 0.717) is 24.2 Å². The van der Waals surface area contributed by atoms with Gasteiger partial charge in [-0.05, 0) is 41.7 Å². The first-order valence-electron chi connectivity index (χ1n) is 8.89. The van der Waals surface area contributed by atoms with Crippen molar-refractivity contribution >= 4 is 5.69 Å². The number of anilines is 1. The van der Waals surface area contributed by atoms with Crippen LogP contribution in [0.3, 0.4) is 0 Å². The maximum Gasteiger partial charge on any atom is 0.160 e. The maximum absolute atomic E-state index is 9.93. The van der Waals surface area contributed by atoms with Gasteiger partial charge in [0, 0.05) is 5.92 Å². The van der Waals surface area contributed by atoms with Crippen LogP contribution in [0, 0.1) is 5.92 Å². The van der Waals surface area contributed by atoms with Gasteiger partial charge < -0.3 is 19.9 Å². The Morgan fingerprint density at radius 3 is 2.96 bits per heavy atom. The first kappa shape index (κ1) is 16.6. The molecule has 2 aromatic carbocycles. The first-order valence-corrected chi connectivity index (χ1v) is 8.89. The Morgan fingerprint density at radius 1 is 1.27 bits per heavy atom. The van der Waals surface area contributed by atoms with Crippen LogP contribution in [0.2, 0.25) is 0 Å². The van der Waals surface area contributed by atoms with E-state index < -0.39 is 0 Å². The minimum Gasteiger partial charge on any atom is -0.504 e. The molecule has 2 aromatic rings. The molecule has 0 amide bonds. The molecule has 0 fully saturated rings. The number of rotatable bonds is 5. The third-order valence-corrected chi connectivity index (χ3v) is 5.28. The van der Waals surface area contributed by atoms with Gasteiger partial charge in [0.15, 0.2) is 11.5 Å². The Morgan fingerprint density at radius 2 is 2.15 bits per heavy atom. The van der Waals surface area contributed by atoms with Gasteiger partial charge in [-0.1, -0.05) is 43.0 Å². The molecule has 1 aliphatic carbocycles. The summed E-state index contributed by atoms with van der Waals surface area (Å²) in [6.07, 6.45) is 7.33. The topological polar surface area (TPSA) is 50.7 Å². The van der Waals surface area contributed by atoms with Crippen LogP contribution >= 0.6 is 0 Å². The molecule has 134 valence electrons. The normalized spacial score (nSPS) is 22.9. The average molecular weight is 349 g/mol. The van der Waals surface area contributed by atoms with E-state index in [2.05, 4.69) is 30.1 Å². The summed E-state index contributed by atoms with van der Waals surface area (Å²) in [4.78, 5) is 0. The number of aromatic hydroxyl groups is 1. The Balaban J connectivity index is 1.76. The third-order valence-electron chi connectivity index (χ3n) is 5.28. The van der Waals surface area contributed by atoms with Gasteiger partial charge in [0.25, 0.3) is 0 Å². The highest BCUT2D eigenvalue weighted by Crippen LogP contribution is 2.52. The number of allylic oxidation sites excluding steroid dienone is 2. The molecule has 0 aromatic heterocycles. The zero-order valence-electron chi connectivity index (χ0n) is 14.8. The van der Waals surface area contributed by atoms with Crippen LogP contribution in [-0.4, -0.2) is 18.8 Å². The Labute approximate surface area is 153 Å². The van der Waals surface area contributed by atoms with Gasteiger partial charge in [-0.15, -0.1) is 0 Å². The summed E-state index contributed by atoms with van der Waals surface area (Å²) in [5.41, 5.74) is 3.41. The molecule has 0 saturated carbocycles. The molecule has 0 radical (unpaired) electrons. The van der Waals surface area contributed by atoms with Crippen LogP contribution in [-0.2, 0) is 0 Å². The second-order valence-corrected chi connectivity index (χ2v) is 6.73. The molecule has 0 bridgehead atoms. The third kappa shape index (κ3) is 2.71. The van der Waals surface area contributed by atoms with Gasteiger partial charge >= 0.3 is 0 Å². The highest BCUT2D eigenvalue weighted by atomic mass is 16.5. The summed E-state index contributed by atoms with van der Waals surface area (Å²) in [5, 5.41) is 13.6. The van der Waals surface area contributed by atoms with Crippen molar-refractivity contribution in [3.63, 3.8) is 0 Å². The summed E-state index contributed by atoms with van der Waals surface area (Å²) in [6.45, 7) is 4.21. The molecule has 2 aliphatic rings. The van der Waals surface area contributed by atoms with E-state index in [1.165, 1.54) is 5.56 Å². The number of hydrogen-bond acceptors (Lipinski definition) is 4. The van der Waals surface area contributed by atoms with Crippen molar-refractivity contribution in [1.29, 1.82) is 0 Å². The first-order chi connectivity index (χ1) is 12.7. The highest BCUT2D eigenvalue weighted by molar-refractivity contribution is 5.68. The van der Waals surface area contributed by atoms with Crippen LogP contribution in [0.5, 0.6) is 17.2 Å². The summed E-state index contributed by atoms with van der Waals surface area (Å²) in [7, 11) is 1.57. The van der Waals surface area contributed by atoms with Crippen molar-refractivity contribution in [2.45, 2.75) is 18.4 Å². The van der Waals surface area contributed by atoms with Gasteiger partial charge in [-0.2, -0.15) is 0 Å². The Hall–Kier alpha value is -2.88.